The first kappa shape index (κ1) is 27.8. The molecule has 0 unspecified atom stereocenters. The standard InChI is InChI=1S/C49H28N2O/c1-2-14-29(15-3-1)47-40-28-39(49-46(36-21-9-13-25-44(36)52-49)45(40)35-20-6-10-22-41(35)50-47)32-17-5-4-16-31(32)30-26-37-33-18-7-11-23-42(33)51-43-24-12-8-19-34(43)38(27-30)48(37)51/h1-28H. The zero-order chi connectivity index (χ0) is 33.9. The molecule has 0 fully saturated rings. The summed E-state index contributed by atoms with van der Waals surface area (Å²) in [5.74, 6) is 0. The predicted molar refractivity (Wildman–Crippen MR) is 217 cm³/mol. The van der Waals surface area contributed by atoms with Crippen LogP contribution in [0.3, 0.4) is 0 Å². The molecule has 8 aromatic carbocycles. The van der Waals surface area contributed by atoms with E-state index in [0.717, 1.165) is 66.2 Å². The summed E-state index contributed by atoms with van der Waals surface area (Å²) >= 11 is 0. The molecule has 0 saturated heterocycles. The molecule has 52 heavy (non-hydrogen) atoms. The van der Waals surface area contributed by atoms with Crippen molar-refractivity contribution < 1.29 is 4.42 Å². The van der Waals surface area contributed by atoms with E-state index in [1.807, 2.05) is 0 Å². The second-order valence-corrected chi connectivity index (χ2v) is 13.8. The van der Waals surface area contributed by atoms with Crippen LogP contribution in [0, 0.1) is 0 Å². The third kappa shape index (κ3) is 3.66. The van der Waals surface area contributed by atoms with Crippen molar-refractivity contribution in [2.45, 2.75) is 0 Å². The summed E-state index contributed by atoms with van der Waals surface area (Å²) in [5.41, 5.74) is 13.1. The third-order valence-corrected chi connectivity index (χ3v) is 11.1. The monoisotopic (exact) mass is 660 g/mol. The number of benzene rings is 8. The summed E-state index contributed by atoms with van der Waals surface area (Å²) in [4.78, 5) is 5.33. The lowest BCUT2D eigenvalue weighted by Crippen LogP contribution is -1.93. The van der Waals surface area contributed by atoms with Gasteiger partial charge in [-0.3, -0.25) is 0 Å². The van der Waals surface area contributed by atoms with Crippen molar-refractivity contribution in [2.24, 2.45) is 0 Å². The number of furan rings is 1. The largest absolute Gasteiger partial charge is 0.455 e. The van der Waals surface area contributed by atoms with Gasteiger partial charge in [0, 0.05) is 59.6 Å². The van der Waals surface area contributed by atoms with E-state index in [1.54, 1.807) is 0 Å². The number of para-hydroxylation sites is 4. The number of rotatable bonds is 3. The maximum absolute atomic E-state index is 6.92. The van der Waals surface area contributed by atoms with Gasteiger partial charge >= 0.3 is 0 Å². The quantitative estimate of drug-likeness (QED) is 0.177. The van der Waals surface area contributed by atoms with Crippen molar-refractivity contribution in [3.05, 3.63) is 170 Å². The normalized spacial score (nSPS) is 12.2. The highest BCUT2D eigenvalue weighted by atomic mass is 16.3. The van der Waals surface area contributed by atoms with Crippen LogP contribution in [0.25, 0.3) is 115 Å². The van der Waals surface area contributed by atoms with E-state index in [0.29, 0.717) is 0 Å². The van der Waals surface area contributed by atoms with E-state index in [-0.39, 0.29) is 0 Å². The Morgan fingerprint density at radius 1 is 0.404 bits per heavy atom. The van der Waals surface area contributed by atoms with Crippen molar-refractivity contribution in [2.75, 3.05) is 0 Å². The Kier molecular flexibility index (Phi) is 5.50. The van der Waals surface area contributed by atoms with Crippen LogP contribution in [0.5, 0.6) is 0 Å². The highest BCUT2D eigenvalue weighted by molar-refractivity contribution is 6.31. The summed E-state index contributed by atoms with van der Waals surface area (Å²) in [6.07, 6.45) is 0. The summed E-state index contributed by atoms with van der Waals surface area (Å²) in [7, 11) is 0. The maximum atomic E-state index is 6.92. The smallest absolute Gasteiger partial charge is 0.143 e. The molecule has 4 heterocycles. The Morgan fingerprint density at radius 2 is 1.00 bits per heavy atom. The fourth-order valence-corrected chi connectivity index (χ4v) is 8.92. The average molecular weight is 661 g/mol. The van der Waals surface area contributed by atoms with E-state index >= 15 is 0 Å². The minimum Gasteiger partial charge on any atom is -0.455 e. The van der Waals surface area contributed by atoms with Crippen molar-refractivity contribution in [1.82, 2.24) is 9.38 Å². The number of aromatic nitrogens is 2. The SMILES string of the molecule is c1ccc(-c2nc3ccccc3c3c2cc(-c2ccccc2-c2cc4c5ccccc5n5c6ccccc6c(c2)c45)c2oc4ccccc4c23)cc1. The Balaban J connectivity index is 1.24. The van der Waals surface area contributed by atoms with E-state index < -0.39 is 0 Å². The van der Waals surface area contributed by atoms with Crippen molar-refractivity contribution >= 4 is 81.7 Å². The summed E-state index contributed by atoms with van der Waals surface area (Å²) in [6.45, 7) is 0. The molecule has 3 heteroatoms. The van der Waals surface area contributed by atoms with Gasteiger partial charge in [0.25, 0.3) is 0 Å². The first-order valence-electron chi connectivity index (χ1n) is 17.8. The number of pyridine rings is 1. The number of fused-ring (bicyclic) bond motifs is 13. The molecule has 0 atom stereocenters. The maximum Gasteiger partial charge on any atom is 0.143 e. The zero-order valence-corrected chi connectivity index (χ0v) is 28.0. The first-order chi connectivity index (χ1) is 25.8. The zero-order valence-electron chi connectivity index (χ0n) is 28.0. The predicted octanol–water partition coefficient (Wildman–Crippen LogP) is 13.4. The van der Waals surface area contributed by atoms with Gasteiger partial charge in [0.05, 0.1) is 27.8 Å². The molecule has 240 valence electrons. The first-order valence-corrected chi connectivity index (χ1v) is 17.8. The minimum atomic E-state index is 0.880. The summed E-state index contributed by atoms with van der Waals surface area (Å²) < 4.78 is 9.36. The molecule has 0 bridgehead atoms. The average Bonchev–Trinajstić information content (AvgIpc) is 3.88. The number of hydrogen-bond acceptors (Lipinski definition) is 2. The van der Waals surface area contributed by atoms with Crippen LogP contribution in [-0.4, -0.2) is 9.38 Å². The molecule has 0 spiro atoms. The Labute approximate surface area is 297 Å². The lowest BCUT2D eigenvalue weighted by atomic mass is 9.88. The van der Waals surface area contributed by atoms with Gasteiger partial charge in [-0.05, 0) is 59.2 Å². The highest BCUT2D eigenvalue weighted by Gasteiger charge is 2.24. The second-order valence-electron chi connectivity index (χ2n) is 13.8. The van der Waals surface area contributed by atoms with Crippen LogP contribution in [-0.2, 0) is 0 Å². The molecule has 0 saturated carbocycles. The molecule has 12 rings (SSSR count). The van der Waals surface area contributed by atoms with E-state index in [2.05, 4.69) is 174 Å². The van der Waals surface area contributed by atoms with Crippen LogP contribution >= 0.6 is 0 Å². The fraction of sp³-hybridized carbons (Fsp3) is 0. The van der Waals surface area contributed by atoms with E-state index in [9.17, 15) is 0 Å². The topological polar surface area (TPSA) is 30.4 Å². The summed E-state index contributed by atoms with van der Waals surface area (Å²) in [6, 6.07) is 61.0. The second kappa shape index (κ2) is 10.3. The number of hydrogen-bond donors (Lipinski definition) is 0. The molecule has 4 aromatic heterocycles. The van der Waals surface area contributed by atoms with Crippen LogP contribution in [0.1, 0.15) is 0 Å². The van der Waals surface area contributed by atoms with Gasteiger partial charge in [-0.25, -0.2) is 4.98 Å². The minimum absolute atomic E-state index is 0.880. The Bertz CT molecular complexity index is 3320. The molecule has 0 amide bonds. The van der Waals surface area contributed by atoms with E-state index in [1.165, 1.54) is 49.0 Å². The third-order valence-electron chi connectivity index (χ3n) is 11.1. The van der Waals surface area contributed by atoms with Crippen molar-refractivity contribution in [3.63, 3.8) is 0 Å². The van der Waals surface area contributed by atoms with Gasteiger partial charge in [0.2, 0.25) is 0 Å². The van der Waals surface area contributed by atoms with Gasteiger partial charge in [-0.15, -0.1) is 0 Å². The molecule has 0 aliphatic heterocycles. The lowest BCUT2D eigenvalue weighted by Gasteiger charge is -2.16. The van der Waals surface area contributed by atoms with Crippen LogP contribution in [0.2, 0.25) is 0 Å². The number of nitrogens with zero attached hydrogens (tertiary/aromatic N) is 2. The molecule has 0 radical (unpaired) electrons. The highest BCUT2D eigenvalue weighted by Crippen LogP contribution is 2.48. The van der Waals surface area contributed by atoms with Gasteiger partial charge in [0.15, 0.2) is 0 Å². The van der Waals surface area contributed by atoms with E-state index in [4.69, 9.17) is 9.40 Å². The Hall–Kier alpha value is -6.97. The molecular formula is C49H28N2O. The molecule has 3 nitrogen and oxygen atoms in total. The molecular weight excluding hydrogens is 633 g/mol. The Morgan fingerprint density at radius 3 is 1.75 bits per heavy atom. The fourth-order valence-electron chi connectivity index (χ4n) is 8.92. The van der Waals surface area contributed by atoms with Gasteiger partial charge in [0.1, 0.15) is 11.2 Å². The summed E-state index contributed by atoms with van der Waals surface area (Å²) in [5, 5.41) is 10.7. The molecule has 0 N–H and O–H groups in total. The van der Waals surface area contributed by atoms with Crippen LogP contribution in [0.15, 0.2) is 174 Å². The van der Waals surface area contributed by atoms with Crippen molar-refractivity contribution in [3.8, 4) is 33.5 Å². The van der Waals surface area contributed by atoms with Crippen LogP contribution in [0.4, 0.5) is 0 Å². The van der Waals surface area contributed by atoms with Crippen LogP contribution < -0.4 is 0 Å². The van der Waals surface area contributed by atoms with Crippen molar-refractivity contribution in [1.29, 1.82) is 0 Å². The van der Waals surface area contributed by atoms with Gasteiger partial charge in [-0.1, -0.05) is 127 Å². The van der Waals surface area contributed by atoms with Gasteiger partial charge < -0.3 is 8.82 Å². The van der Waals surface area contributed by atoms with Gasteiger partial charge in [-0.2, -0.15) is 0 Å². The lowest BCUT2D eigenvalue weighted by molar-refractivity contribution is 0.670. The molecule has 0 aliphatic carbocycles. The molecule has 12 aromatic rings. The molecule has 0 aliphatic rings.